The van der Waals surface area contributed by atoms with Crippen LogP contribution < -0.4 is 14.2 Å². The second kappa shape index (κ2) is 14.2. The maximum atomic E-state index is 15.5. The number of methoxy groups -OCH3 is 1. The fourth-order valence-electron chi connectivity index (χ4n) is 4.53. The van der Waals surface area contributed by atoms with E-state index in [9.17, 15) is 19.2 Å². The van der Waals surface area contributed by atoms with Crippen LogP contribution in [0.5, 0.6) is 17.2 Å². The van der Waals surface area contributed by atoms with Crippen LogP contribution in [0.15, 0.2) is 30.3 Å². The number of thiophene rings is 2. The average Bonchev–Trinajstić information content (AvgIpc) is 3.61. The molecule has 0 saturated carbocycles. The van der Waals surface area contributed by atoms with Crippen molar-refractivity contribution in [3.05, 3.63) is 51.5 Å². The van der Waals surface area contributed by atoms with Crippen LogP contribution in [0, 0.1) is 17.7 Å². The number of carbonyl (C=O) groups excluding carboxylic acids is 2. The molecule has 0 saturated heterocycles. The SMILES string of the molecule is CCc1cc2sc(C(=O)C[C@H](C)C(=O)O)cc2cc1OCCCOc1c(OC)cc2sc(C(=O)C[C@H](C)C(=O)O)cc2c1F. The Morgan fingerprint density at radius 2 is 1.41 bits per heavy atom. The first-order chi connectivity index (χ1) is 20.9. The van der Waals surface area contributed by atoms with Crippen molar-refractivity contribution < 1.29 is 48.0 Å². The van der Waals surface area contributed by atoms with Crippen molar-refractivity contribution >= 4 is 66.4 Å². The quantitative estimate of drug-likeness (QED) is 0.0954. The van der Waals surface area contributed by atoms with E-state index in [-0.39, 0.29) is 59.4 Å². The van der Waals surface area contributed by atoms with Gasteiger partial charge in [0.05, 0.1) is 41.9 Å². The average molecular weight is 645 g/mol. The minimum absolute atomic E-state index is 0.0672. The molecule has 0 aliphatic carbocycles. The van der Waals surface area contributed by atoms with E-state index in [0.717, 1.165) is 27.0 Å². The van der Waals surface area contributed by atoms with Crippen molar-refractivity contribution in [3.8, 4) is 17.2 Å². The van der Waals surface area contributed by atoms with Crippen LogP contribution in [0.2, 0.25) is 0 Å². The van der Waals surface area contributed by atoms with E-state index in [4.69, 9.17) is 24.4 Å². The van der Waals surface area contributed by atoms with Gasteiger partial charge < -0.3 is 24.4 Å². The second-order valence-electron chi connectivity index (χ2n) is 10.5. The largest absolute Gasteiger partial charge is 0.493 e. The number of ketones is 2. The zero-order chi connectivity index (χ0) is 32.1. The molecular weight excluding hydrogens is 611 g/mol. The van der Waals surface area contributed by atoms with Crippen LogP contribution in [0.1, 0.15) is 64.9 Å². The lowest BCUT2D eigenvalue weighted by molar-refractivity contribution is -0.141. The van der Waals surface area contributed by atoms with Crippen LogP contribution in [-0.4, -0.2) is 54.0 Å². The van der Waals surface area contributed by atoms with Gasteiger partial charge in [0.15, 0.2) is 28.9 Å². The topological polar surface area (TPSA) is 136 Å². The first-order valence-electron chi connectivity index (χ1n) is 14.1. The molecule has 234 valence electrons. The van der Waals surface area contributed by atoms with Gasteiger partial charge in [-0.2, -0.15) is 0 Å². The molecule has 0 aliphatic rings. The lowest BCUT2D eigenvalue weighted by Gasteiger charge is -2.14. The fraction of sp³-hybridized carbons (Fsp3) is 0.375. The minimum Gasteiger partial charge on any atom is -0.493 e. The van der Waals surface area contributed by atoms with Crippen LogP contribution >= 0.6 is 22.7 Å². The van der Waals surface area contributed by atoms with Gasteiger partial charge >= 0.3 is 11.9 Å². The number of Topliss-reactive ketones (excluding diaryl/α,β-unsaturated/α-hetero) is 2. The number of carboxylic acids is 2. The van der Waals surface area contributed by atoms with Crippen LogP contribution in [0.4, 0.5) is 4.39 Å². The Balaban J connectivity index is 1.41. The monoisotopic (exact) mass is 644 g/mol. The molecule has 4 rings (SSSR count). The predicted octanol–water partition coefficient (Wildman–Crippen LogP) is 7.26. The van der Waals surface area contributed by atoms with Crippen molar-refractivity contribution in [2.24, 2.45) is 11.8 Å². The molecule has 2 heterocycles. The predicted molar refractivity (Wildman–Crippen MR) is 167 cm³/mol. The number of carboxylic acid groups (broad SMARTS) is 2. The second-order valence-corrected chi connectivity index (χ2v) is 12.7. The number of hydrogen-bond acceptors (Lipinski definition) is 9. The van der Waals surface area contributed by atoms with Gasteiger partial charge in [0, 0.05) is 40.1 Å². The maximum Gasteiger partial charge on any atom is 0.306 e. The number of carbonyl (C=O) groups is 4. The van der Waals surface area contributed by atoms with E-state index in [1.54, 1.807) is 12.1 Å². The van der Waals surface area contributed by atoms with Gasteiger partial charge in [-0.25, -0.2) is 4.39 Å². The number of benzene rings is 2. The number of aryl methyl sites for hydroxylation is 1. The Labute approximate surface area is 261 Å². The Kier molecular flexibility index (Phi) is 10.6. The molecule has 0 aliphatic heterocycles. The van der Waals surface area contributed by atoms with E-state index in [0.29, 0.717) is 28.2 Å². The summed E-state index contributed by atoms with van der Waals surface area (Å²) in [5, 5.41) is 19.2. The Morgan fingerprint density at radius 1 is 0.818 bits per heavy atom. The van der Waals surface area contributed by atoms with E-state index in [2.05, 4.69) is 0 Å². The Bertz CT molecular complexity index is 1720. The molecule has 2 aromatic heterocycles. The van der Waals surface area contributed by atoms with Gasteiger partial charge in [-0.3, -0.25) is 19.2 Å². The summed E-state index contributed by atoms with van der Waals surface area (Å²) in [7, 11) is 1.39. The van der Waals surface area contributed by atoms with E-state index >= 15 is 4.39 Å². The van der Waals surface area contributed by atoms with Crippen LogP contribution in [-0.2, 0) is 16.0 Å². The molecule has 0 unspecified atom stereocenters. The number of fused-ring (bicyclic) bond motifs is 2. The third-order valence-electron chi connectivity index (χ3n) is 7.15. The molecule has 0 spiro atoms. The summed E-state index contributed by atoms with van der Waals surface area (Å²) in [6, 6.07) is 8.61. The van der Waals surface area contributed by atoms with Gasteiger partial charge in [0.2, 0.25) is 0 Å². The Morgan fingerprint density at radius 3 is 2.00 bits per heavy atom. The van der Waals surface area contributed by atoms with Crippen LogP contribution in [0.25, 0.3) is 20.2 Å². The highest BCUT2D eigenvalue weighted by Gasteiger charge is 2.23. The zero-order valence-corrected chi connectivity index (χ0v) is 26.4. The molecule has 2 aromatic carbocycles. The van der Waals surface area contributed by atoms with Gasteiger partial charge in [-0.05, 0) is 41.6 Å². The summed E-state index contributed by atoms with van der Waals surface area (Å²) in [5.41, 5.74) is 0.955. The molecule has 0 amide bonds. The number of halogens is 1. The summed E-state index contributed by atoms with van der Waals surface area (Å²) in [4.78, 5) is 48.2. The van der Waals surface area contributed by atoms with Gasteiger partial charge in [0.25, 0.3) is 0 Å². The lowest BCUT2D eigenvalue weighted by Crippen LogP contribution is -2.13. The standard InChI is InChI=1S/C32H33FO9S2/c1-5-18-12-25-19(13-27(43-25)21(34)9-16(2)31(36)37)11-23(18)41-7-6-8-42-30-24(40-4)15-26-20(29(30)33)14-28(44-26)22(35)10-17(3)32(38)39/h11-17H,5-10H2,1-4H3,(H,36,37)(H,38,39)/t16-,17-/m0/s1. The highest BCUT2D eigenvalue weighted by molar-refractivity contribution is 7.21. The summed E-state index contributed by atoms with van der Waals surface area (Å²) < 4.78 is 34.0. The molecule has 0 fully saturated rings. The van der Waals surface area contributed by atoms with E-state index < -0.39 is 29.6 Å². The zero-order valence-electron chi connectivity index (χ0n) is 24.7. The van der Waals surface area contributed by atoms with Crippen molar-refractivity contribution in [1.82, 2.24) is 0 Å². The summed E-state index contributed by atoms with van der Waals surface area (Å²) in [5.74, 6) is -4.19. The van der Waals surface area contributed by atoms with Crippen LogP contribution in [0.3, 0.4) is 0 Å². The van der Waals surface area contributed by atoms with Gasteiger partial charge in [-0.1, -0.05) is 20.8 Å². The minimum atomic E-state index is -1.07. The number of hydrogen-bond donors (Lipinski definition) is 2. The molecule has 12 heteroatoms. The van der Waals surface area contributed by atoms with Crippen molar-refractivity contribution in [1.29, 1.82) is 0 Å². The number of aliphatic carboxylic acids is 2. The van der Waals surface area contributed by atoms with Gasteiger partial charge in [0.1, 0.15) is 5.75 Å². The smallest absolute Gasteiger partial charge is 0.306 e. The van der Waals surface area contributed by atoms with Crippen molar-refractivity contribution in [2.45, 2.75) is 46.5 Å². The molecule has 2 atom stereocenters. The lowest BCUT2D eigenvalue weighted by atomic mass is 10.0. The summed E-state index contributed by atoms with van der Waals surface area (Å²) in [6.45, 7) is 5.34. The Hall–Kier alpha value is -4.03. The summed E-state index contributed by atoms with van der Waals surface area (Å²) >= 11 is 2.40. The third kappa shape index (κ3) is 7.36. The maximum absolute atomic E-state index is 15.5. The molecule has 4 aromatic rings. The first kappa shape index (κ1) is 32.9. The van der Waals surface area contributed by atoms with Gasteiger partial charge in [-0.15, -0.1) is 22.7 Å². The molecule has 0 radical (unpaired) electrons. The molecule has 0 bridgehead atoms. The van der Waals surface area contributed by atoms with E-state index in [1.807, 2.05) is 19.1 Å². The molecule has 44 heavy (non-hydrogen) atoms. The first-order valence-corrected chi connectivity index (χ1v) is 15.7. The van der Waals surface area contributed by atoms with Crippen molar-refractivity contribution in [3.63, 3.8) is 0 Å². The van der Waals surface area contributed by atoms with E-state index in [1.165, 1.54) is 38.4 Å². The summed E-state index contributed by atoms with van der Waals surface area (Å²) in [6.07, 6.45) is 0.863. The van der Waals surface area contributed by atoms with Crippen molar-refractivity contribution in [2.75, 3.05) is 20.3 Å². The number of ether oxygens (including phenoxy) is 3. The molecule has 2 N–H and O–H groups in total. The molecular formula is C32H33FO9S2. The highest BCUT2D eigenvalue weighted by atomic mass is 32.1. The normalized spacial score (nSPS) is 12.7. The highest BCUT2D eigenvalue weighted by Crippen LogP contribution is 2.40. The number of rotatable bonds is 16. The third-order valence-corrected chi connectivity index (χ3v) is 9.41. The molecule has 9 nitrogen and oxygen atoms in total. The fourth-order valence-corrected chi connectivity index (χ4v) is 6.62.